The Labute approximate surface area is 238 Å². The molecule has 3 rings (SSSR count). The lowest BCUT2D eigenvalue weighted by Gasteiger charge is -2.28. The van der Waals surface area contributed by atoms with Crippen LogP contribution in [0.5, 0.6) is 0 Å². The van der Waals surface area contributed by atoms with Crippen LogP contribution in [0.25, 0.3) is 10.9 Å². The number of nitrogens with two attached hydrogens (primary N) is 1. The van der Waals surface area contributed by atoms with E-state index in [1.165, 1.54) is 17.0 Å². The van der Waals surface area contributed by atoms with Gasteiger partial charge < -0.3 is 30.9 Å². The number of aliphatic hydroxyl groups is 1. The monoisotopic (exact) mass is 575 g/mol. The van der Waals surface area contributed by atoms with Gasteiger partial charge in [0, 0.05) is 44.0 Å². The molecule has 11 nitrogen and oxygen atoms in total. The number of halogens is 1. The van der Waals surface area contributed by atoms with Crippen LogP contribution in [0.1, 0.15) is 44.1 Å². The quantitative estimate of drug-likeness (QED) is 0.178. The number of ketones is 1. The summed E-state index contributed by atoms with van der Waals surface area (Å²) < 4.78 is 11.8. The summed E-state index contributed by atoms with van der Waals surface area (Å²) in [6.45, 7) is 3.39. The number of nitrogens with zero attached hydrogens (tertiary/aromatic N) is 2. The SMILES string of the molecule is NCCOCCOCCNC(=O)CCCC#Cc1cc2ncn(CC(=O)C[C@H]3NCCC[C@@H]3O)c(=O)c2cc1Cl. The van der Waals surface area contributed by atoms with Crippen LogP contribution < -0.4 is 21.9 Å². The Balaban J connectivity index is 1.45. The van der Waals surface area contributed by atoms with E-state index in [-0.39, 0.29) is 36.3 Å². The molecular formula is C28H38ClN5O6. The number of benzene rings is 1. The molecule has 0 spiro atoms. The third-order valence-corrected chi connectivity index (χ3v) is 6.70. The molecule has 1 aromatic heterocycles. The molecule has 12 heteroatoms. The van der Waals surface area contributed by atoms with Crippen molar-refractivity contribution in [3.8, 4) is 11.8 Å². The van der Waals surface area contributed by atoms with E-state index in [2.05, 4.69) is 27.5 Å². The van der Waals surface area contributed by atoms with E-state index < -0.39 is 6.10 Å². The second kappa shape index (κ2) is 17.1. The molecular weight excluding hydrogens is 538 g/mol. The summed E-state index contributed by atoms with van der Waals surface area (Å²) in [5, 5.41) is 16.6. The lowest BCUT2D eigenvalue weighted by molar-refractivity contribution is -0.122. The summed E-state index contributed by atoms with van der Waals surface area (Å²) in [5.74, 6) is 5.77. The van der Waals surface area contributed by atoms with Gasteiger partial charge in [0.1, 0.15) is 0 Å². The summed E-state index contributed by atoms with van der Waals surface area (Å²) in [4.78, 5) is 41.8. The van der Waals surface area contributed by atoms with Crippen LogP contribution in [-0.2, 0) is 25.6 Å². The number of amides is 1. The van der Waals surface area contributed by atoms with Crippen molar-refractivity contribution in [3.63, 3.8) is 0 Å². The maximum atomic E-state index is 13.0. The Morgan fingerprint density at radius 1 is 1.25 bits per heavy atom. The van der Waals surface area contributed by atoms with Gasteiger partial charge in [-0.05, 0) is 37.9 Å². The lowest BCUT2D eigenvalue weighted by Crippen LogP contribution is -2.46. The van der Waals surface area contributed by atoms with Crippen LogP contribution >= 0.6 is 11.6 Å². The predicted molar refractivity (Wildman–Crippen MR) is 152 cm³/mol. The predicted octanol–water partition coefficient (Wildman–Crippen LogP) is 0.752. The van der Waals surface area contributed by atoms with Crippen molar-refractivity contribution in [2.75, 3.05) is 46.1 Å². The molecule has 1 saturated heterocycles. The highest BCUT2D eigenvalue weighted by atomic mass is 35.5. The van der Waals surface area contributed by atoms with Gasteiger partial charge in [0.25, 0.3) is 5.56 Å². The van der Waals surface area contributed by atoms with Gasteiger partial charge >= 0.3 is 0 Å². The number of carbonyl (C=O) groups is 2. The molecule has 1 aliphatic rings. The third-order valence-electron chi connectivity index (χ3n) is 6.39. The molecule has 1 fully saturated rings. The summed E-state index contributed by atoms with van der Waals surface area (Å²) >= 11 is 6.39. The summed E-state index contributed by atoms with van der Waals surface area (Å²) in [7, 11) is 0. The van der Waals surface area contributed by atoms with Crippen molar-refractivity contribution in [2.24, 2.45) is 5.73 Å². The second-order valence-electron chi connectivity index (χ2n) is 9.56. The van der Waals surface area contributed by atoms with Crippen LogP contribution in [0, 0.1) is 11.8 Å². The summed E-state index contributed by atoms with van der Waals surface area (Å²) in [6, 6.07) is 2.87. The standard InChI is InChI=1S/C28H38ClN5O6/c29-23-17-22-24(33-19-34(28(22)38)18-21(35)16-25-26(36)6-4-9-31-25)15-20(23)5-2-1-3-7-27(37)32-10-12-40-14-13-39-11-8-30/h15,17,19,25-26,31,36H,1,3-4,6-14,16,18,30H2,(H,32,37)/t25-,26+/m1/s1. The highest BCUT2D eigenvalue weighted by Crippen LogP contribution is 2.20. The molecule has 0 radical (unpaired) electrons. The first-order valence-electron chi connectivity index (χ1n) is 13.6. The van der Waals surface area contributed by atoms with E-state index >= 15 is 0 Å². The number of aliphatic hydroxyl groups excluding tert-OH is 1. The summed E-state index contributed by atoms with van der Waals surface area (Å²) in [6.07, 6.45) is 3.87. The van der Waals surface area contributed by atoms with Gasteiger partial charge in [0.15, 0.2) is 5.78 Å². The average molecular weight is 576 g/mol. The van der Waals surface area contributed by atoms with Gasteiger partial charge in [-0.3, -0.25) is 19.0 Å². The Morgan fingerprint density at radius 3 is 2.83 bits per heavy atom. The number of Topliss-reactive ketones (excluding diaryl/α,β-unsaturated/α-hetero) is 1. The molecule has 1 amide bonds. The smallest absolute Gasteiger partial charge is 0.261 e. The minimum Gasteiger partial charge on any atom is -0.391 e. The molecule has 40 heavy (non-hydrogen) atoms. The van der Waals surface area contributed by atoms with Gasteiger partial charge in [-0.2, -0.15) is 0 Å². The van der Waals surface area contributed by atoms with Crippen LogP contribution in [0.3, 0.4) is 0 Å². The van der Waals surface area contributed by atoms with Gasteiger partial charge in [-0.15, -0.1) is 0 Å². The zero-order valence-electron chi connectivity index (χ0n) is 22.6. The highest BCUT2D eigenvalue weighted by Gasteiger charge is 2.25. The maximum absolute atomic E-state index is 13.0. The molecule has 1 aromatic carbocycles. The van der Waals surface area contributed by atoms with E-state index in [0.717, 1.165) is 13.0 Å². The van der Waals surface area contributed by atoms with Gasteiger partial charge in [-0.1, -0.05) is 23.4 Å². The minimum absolute atomic E-state index is 0.0707. The van der Waals surface area contributed by atoms with Crippen molar-refractivity contribution in [1.29, 1.82) is 0 Å². The van der Waals surface area contributed by atoms with E-state index in [4.69, 9.17) is 26.8 Å². The molecule has 2 heterocycles. The summed E-state index contributed by atoms with van der Waals surface area (Å²) in [5.41, 5.74) is 5.92. The average Bonchev–Trinajstić information content (AvgIpc) is 2.93. The number of piperidine rings is 1. The van der Waals surface area contributed by atoms with Crippen LogP contribution in [0.2, 0.25) is 5.02 Å². The minimum atomic E-state index is -0.567. The van der Waals surface area contributed by atoms with Crippen LogP contribution in [0.4, 0.5) is 0 Å². The largest absolute Gasteiger partial charge is 0.391 e. The topological polar surface area (TPSA) is 158 Å². The maximum Gasteiger partial charge on any atom is 0.261 e. The first kappa shape index (κ1) is 31.7. The van der Waals surface area contributed by atoms with Crippen molar-refractivity contribution in [3.05, 3.63) is 39.4 Å². The fraction of sp³-hybridized carbons (Fsp3) is 0.571. The second-order valence-corrected chi connectivity index (χ2v) is 9.97. The van der Waals surface area contributed by atoms with Gasteiger partial charge in [0.05, 0.1) is 61.3 Å². The zero-order valence-corrected chi connectivity index (χ0v) is 23.4. The number of unbranched alkanes of at least 4 members (excludes halogenated alkanes) is 1. The third kappa shape index (κ3) is 10.3. The normalized spacial score (nSPS) is 16.9. The highest BCUT2D eigenvalue weighted by molar-refractivity contribution is 6.32. The Morgan fingerprint density at radius 2 is 2.05 bits per heavy atom. The van der Waals surface area contributed by atoms with Crippen molar-refractivity contribution < 1.29 is 24.2 Å². The molecule has 5 N–H and O–H groups in total. The molecule has 2 aromatic rings. The number of nitrogens with one attached hydrogen (secondary N) is 2. The lowest BCUT2D eigenvalue weighted by atomic mass is 9.97. The van der Waals surface area contributed by atoms with Crippen molar-refractivity contribution in [1.82, 2.24) is 20.2 Å². The van der Waals surface area contributed by atoms with E-state index in [0.29, 0.717) is 86.7 Å². The molecule has 0 unspecified atom stereocenters. The Bertz CT molecular complexity index is 1260. The molecule has 0 bridgehead atoms. The number of hydrogen-bond acceptors (Lipinski definition) is 9. The van der Waals surface area contributed by atoms with Crippen molar-refractivity contribution >= 4 is 34.2 Å². The first-order valence-corrected chi connectivity index (χ1v) is 14.0. The Kier molecular flexibility index (Phi) is 13.5. The molecule has 218 valence electrons. The van der Waals surface area contributed by atoms with Crippen molar-refractivity contribution in [2.45, 2.75) is 57.2 Å². The number of aromatic nitrogens is 2. The number of fused-ring (bicyclic) bond motifs is 1. The molecule has 0 saturated carbocycles. The molecule has 2 atom stereocenters. The number of carbonyl (C=O) groups excluding carboxylic acids is 2. The zero-order chi connectivity index (χ0) is 28.7. The van der Waals surface area contributed by atoms with Crippen LogP contribution in [-0.4, -0.2) is 84.6 Å². The van der Waals surface area contributed by atoms with Gasteiger partial charge in [-0.25, -0.2) is 4.98 Å². The van der Waals surface area contributed by atoms with E-state index in [9.17, 15) is 19.5 Å². The number of rotatable bonds is 15. The number of hydrogen-bond donors (Lipinski definition) is 4. The Hall–Kier alpha value is -2.85. The molecule has 0 aliphatic carbocycles. The van der Waals surface area contributed by atoms with E-state index in [1.54, 1.807) is 6.07 Å². The van der Waals surface area contributed by atoms with E-state index in [1.807, 2.05) is 0 Å². The van der Waals surface area contributed by atoms with Crippen LogP contribution in [0.15, 0.2) is 23.3 Å². The fourth-order valence-corrected chi connectivity index (χ4v) is 4.49. The molecule has 1 aliphatic heterocycles. The fourth-order valence-electron chi connectivity index (χ4n) is 4.28. The number of ether oxygens (including phenoxy) is 2. The first-order chi connectivity index (χ1) is 19.4. The van der Waals surface area contributed by atoms with Gasteiger partial charge in [0.2, 0.25) is 5.91 Å².